The maximum Gasteiger partial charge on any atom is 0.193 e. The second kappa shape index (κ2) is 11.5. The van der Waals surface area contributed by atoms with Crippen LogP contribution >= 0.6 is 35.6 Å². The average molecular weight is 520 g/mol. The van der Waals surface area contributed by atoms with Crippen LogP contribution in [-0.2, 0) is 13.6 Å². The van der Waals surface area contributed by atoms with Crippen molar-refractivity contribution < 1.29 is 4.74 Å². The Kier molecular flexibility index (Phi) is 10.1. The summed E-state index contributed by atoms with van der Waals surface area (Å²) >= 11 is 6.09. The largest absolute Gasteiger partial charge is 0.496 e. The Hall–Kier alpha value is -1.45. The van der Waals surface area contributed by atoms with Crippen molar-refractivity contribution in [3.63, 3.8) is 0 Å². The number of methoxy groups -OCH3 is 1. The summed E-state index contributed by atoms with van der Waals surface area (Å²) in [6, 6.07) is 10.2. The Morgan fingerprint density at radius 3 is 2.50 bits per heavy atom. The lowest BCUT2D eigenvalue weighted by Gasteiger charge is -2.29. The minimum absolute atomic E-state index is 0. The first-order chi connectivity index (χ1) is 12.9. The number of likely N-dealkylation sites (N-methyl/N-ethyl adjacent to an activating group) is 1. The lowest BCUT2D eigenvalue weighted by atomic mass is 10.0. The molecule has 1 aromatic carbocycles. The van der Waals surface area contributed by atoms with E-state index in [2.05, 4.69) is 40.3 Å². The standard InChI is InChI=1S/C20H30ClN5O.HI/c1-22-20(26(5)14-16-11-15(21)13-25(16)4)23-12-18(24(2)3)17-9-7-8-10-19(17)27-6;/h7-11,13,18H,12,14H2,1-6H3,(H,22,23);1H. The fourth-order valence-corrected chi connectivity index (χ4v) is 3.40. The monoisotopic (exact) mass is 519 g/mol. The number of para-hydroxylation sites is 1. The number of rotatable bonds is 7. The number of nitrogens with zero attached hydrogens (tertiary/aromatic N) is 4. The first-order valence-corrected chi connectivity index (χ1v) is 9.27. The normalized spacial score (nSPS) is 12.5. The van der Waals surface area contributed by atoms with E-state index in [1.165, 1.54) is 0 Å². The molecule has 1 aromatic heterocycles. The fraction of sp³-hybridized carbons (Fsp3) is 0.450. The van der Waals surface area contributed by atoms with Gasteiger partial charge in [0.15, 0.2) is 5.96 Å². The maximum atomic E-state index is 6.09. The minimum Gasteiger partial charge on any atom is -0.496 e. The van der Waals surface area contributed by atoms with Crippen LogP contribution in [0.15, 0.2) is 41.5 Å². The summed E-state index contributed by atoms with van der Waals surface area (Å²) in [4.78, 5) is 8.69. The molecule has 1 N–H and O–H groups in total. The van der Waals surface area contributed by atoms with E-state index in [1.54, 1.807) is 14.2 Å². The molecule has 0 aliphatic heterocycles. The van der Waals surface area contributed by atoms with Crippen LogP contribution in [0.2, 0.25) is 5.02 Å². The average Bonchev–Trinajstić information content (AvgIpc) is 2.95. The van der Waals surface area contributed by atoms with Crippen LogP contribution in [0.5, 0.6) is 5.75 Å². The van der Waals surface area contributed by atoms with Gasteiger partial charge in [-0.3, -0.25) is 4.99 Å². The zero-order chi connectivity index (χ0) is 20.0. The number of aromatic nitrogens is 1. The Labute approximate surface area is 190 Å². The fourth-order valence-electron chi connectivity index (χ4n) is 3.13. The second-order valence-corrected chi connectivity index (χ2v) is 7.20. The van der Waals surface area contributed by atoms with Crippen molar-refractivity contribution in [3.8, 4) is 5.75 Å². The lowest BCUT2D eigenvalue weighted by Crippen LogP contribution is -2.42. The highest BCUT2D eigenvalue weighted by Crippen LogP contribution is 2.27. The van der Waals surface area contributed by atoms with Gasteiger partial charge in [-0.15, -0.1) is 24.0 Å². The third-order valence-electron chi connectivity index (χ3n) is 4.62. The van der Waals surface area contributed by atoms with E-state index in [-0.39, 0.29) is 30.0 Å². The van der Waals surface area contributed by atoms with Crippen LogP contribution in [0, 0.1) is 0 Å². The molecule has 0 spiro atoms. The van der Waals surface area contributed by atoms with Crippen LogP contribution in [-0.4, -0.2) is 62.2 Å². The number of halogens is 2. The van der Waals surface area contributed by atoms with Crippen molar-refractivity contribution in [3.05, 3.63) is 52.8 Å². The number of nitrogens with one attached hydrogen (secondary N) is 1. The molecule has 1 heterocycles. The van der Waals surface area contributed by atoms with Gasteiger partial charge in [0.1, 0.15) is 5.75 Å². The van der Waals surface area contributed by atoms with E-state index in [0.29, 0.717) is 13.1 Å². The summed E-state index contributed by atoms with van der Waals surface area (Å²) in [5.41, 5.74) is 2.27. The van der Waals surface area contributed by atoms with E-state index < -0.39 is 0 Å². The smallest absolute Gasteiger partial charge is 0.193 e. The van der Waals surface area contributed by atoms with E-state index in [4.69, 9.17) is 16.3 Å². The molecule has 28 heavy (non-hydrogen) atoms. The zero-order valence-electron chi connectivity index (χ0n) is 17.4. The van der Waals surface area contributed by atoms with Gasteiger partial charge in [-0.25, -0.2) is 0 Å². The molecule has 0 radical (unpaired) electrons. The highest BCUT2D eigenvalue weighted by molar-refractivity contribution is 14.0. The second-order valence-electron chi connectivity index (χ2n) is 6.77. The van der Waals surface area contributed by atoms with Crippen molar-refractivity contribution >= 4 is 41.5 Å². The van der Waals surface area contributed by atoms with Gasteiger partial charge in [0.2, 0.25) is 0 Å². The van der Waals surface area contributed by atoms with Gasteiger partial charge >= 0.3 is 0 Å². The molecule has 1 atom stereocenters. The third kappa shape index (κ3) is 6.28. The number of guanidine groups is 1. The molecule has 0 aliphatic carbocycles. The molecule has 0 fully saturated rings. The molecule has 2 rings (SSSR count). The van der Waals surface area contributed by atoms with Crippen LogP contribution in [0.4, 0.5) is 0 Å². The molecular formula is C20H31ClIN5O. The molecule has 0 bridgehead atoms. The molecule has 0 saturated heterocycles. The highest BCUT2D eigenvalue weighted by Gasteiger charge is 2.19. The highest BCUT2D eigenvalue weighted by atomic mass is 127. The van der Waals surface area contributed by atoms with E-state index in [1.807, 2.05) is 49.1 Å². The Balaban J connectivity index is 0.00000392. The van der Waals surface area contributed by atoms with Gasteiger partial charge in [0.05, 0.1) is 24.7 Å². The first kappa shape index (κ1) is 24.6. The number of hydrogen-bond donors (Lipinski definition) is 1. The zero-order valence-corrected chi connectivity index (χ0v) is 20.5. The van der Waals surface area contributed by atoms with Gasteiger partial charge < -0.3 is 24.4 Å². The Morgan fingerprint density at radius 2 is 1.96 bits per heavy atom. The molecular weight excluding hydrogens is 489 g/mol. The molecule has 0 aliphatic rings. The predicted molar refractivity (Wildman–Crippen MR) is 128 cm³/mol. The van der Waals surface area contributed by atoms with E-state index >= 15 is 0 Å². The molecule has 1 unspecified atom stereocenters. The molecule has 0 amide bonds. The Morgan fingerprint density at radius 1 is 1.29 bits per heavy atom. The van der Waals surface area contributed by atoms with Gasteiger partial charge in [-0.05, 0) is 26.2 Å². The van der Waals surface area contributed by atoms with Crippen molar-refractivity contribution in [2.75, 3.05) is 41.8 Å². The van der Waals surface area contributed by atoms with Crippen molar-refractivity contribution in [1.82, 2.24) is 19.7 Å². The van der Waals surface area contributed by atoms with Crippen LogP contribution in [0.3, 0.4) is 0 Å². The number of aliphatic imine (C=N–C) groups is 1. The van der Waals surface area contributed by atoms with Crippen molar-refractivity contribution in [2.45, 2.75) is 12.6 Å². The molecule has 6 nitrogen and oxygen atoms in total. The number of hydrogen-bond acceptors (Lipinski definition) is 3. The quantitative estimate of drug-likeness (QED) is 0.345. The number of ether oxygens (including phenoxy) is 1. The number of aryl methyl sites for hydroxylation is 1. The summed E-state index contributed by atoms with van der Waals surface area (Å²) < 4.78 is 7.57. The van der Waals surface area contributed by atoms with Gasteiger partial charge in [-0.2, -0.15) is 0 Å². The topological polar surface area (TPSA) is 45.0 Å². The maximum absolute atomic E-state index is 6.09. The van der Waals surface area contributed by atoms with Gasteiger partial charge in [0.25, 0.3) is 0 Å². The predicted octanol–water partition coefficient (Wildman–Crippen LogP) is 3.62. The van der Waals surface area contributed by atoms with Gasteiger partial charge in [-0.1, -0.05) is 29.8 Å². The molecule has 8 heteroatoms. The lowest BCUT2D eigenvalue weighted by molar-refractivity contribution is 0.285. The van der Waals surface area contributed by atoms with Crippen molar-refractivity contribution in [1.29, 1.82) is 0 Å². The summed E-state index contributed by atoms with van der Waals surface area (Å²) in [7, 11) is 11.6. The third-order valence-corrected chi connectivity index (χ3v) is 4.83. The summed E-state index contributed by atoms with van der Waals surface area (Å²) in [6.07, 6.45) is 1.91. The van der Waals surface area contributed by atoms with E-state index in [0.717, 1.165) is 28.0 Å². The van der Waals surface area contributed by atoms with Crippen LogP contribution < -0.4 is 10.1 Å². The summed E-state index contributed by atoms with van der Waals surface area (Å²) in [5.74, 6) is 1.72. The van der Waals surface area contributed by atoms with Gasteiger partial charge in [0, 0.05) is 45.1 Å². The summed E-state index contributed by atoms with van der Waals surface area (Å²) in [5, 5.41) is 4.23. The van der Waals surface area contributed by atoms with E-state index in [9.17, 15) is 0 Å². The first-order valence-electron chi connectivity index (χ1n) is 8.89. The SMILES string of the molecule is CN=C(NCC(c1ccccc1OC)N(C)C)N(C)Cc1cc(Cl)cn1C.I. The van der Waals surface area contributed by atoms with Crippen LogP contribution in [0.25, 0.3) is 0 Å². The molecule has 156 valence electrons. The Bertz CT molecular complexity index is 778. The number of benzene rings is 1. The molecule has 0 saturated carbocycles. The molecule has 2 aromatic rings. The minimum atomic E-state index is 0. The summed E-state index contributed by atoms with van der Waals surface area (Å²) in [6.45, 7) is 1.42. The van der Waals surface area contributed by atoms with Crippen molar-refractivity contribution in [2.24, 2.45) is 12.0 Å². The van der Waals surface area contributed by atoms with Crippen LogP contribution in [0.1, 0.15) is 17.3 Å².